The summed E-state index contributed by atoms with van der Waals surface area (Å²) in [6.07, 6.45) is 1.74. The molecule has 0 amide bonds. The van der Waals surface area contributed by atoms with Crippen molar-refractivity contribution in [3.05, 3.63) is 112 Å². The number of anilines is 1. The molecule has 138 valence electrons. The number of nitrogens with zero attached hydrogens (tertiary/aromatic N) is 1. The highest BCUT2D eigenvalue weighted by Crippen LogP contribution is 2.55. The third kappa shape index (κ3) is 3.67. The van der Waals surface area contributed by atoms with Gasteiger partial charge in [-0.15, -0.1) is 0 Å². The fraction of sp³-hybridized carbons (Fsp3) is 0. The molecule has 1 heterocycles. The maximum Gasteiger partial charge on any atom is 0.199 e. The number of hydrogen-bond acceptors (Lipinski definition) is 2. The lowest BCUT2D eigenvalue weighted by atomic mass is 10.4. The summed E-state index contributed by atoms with van der Waals surface area (Å²) in [7, 11) is -2.21. The van der Waals surface area contributed by atoms with Crippen molar-refractivity contribution >= 4 is 63.2 Å². The Morgan fingerprint density at radius 3 is 1.50 bits per heavy atom. The average Bonchev–Trinajstić information content (AvgIpc) is 2.76. The van der Waals surface area contributed by atoms with Crippen LogP contribution in [0.5, 0.6) is 0 Å². The molecule has 0 fully saturated rings. The van der Waals surface area contributed by atoms with Gasteiger partial charge < -0.3 is 0 Å². The Kier molecular flexibility index (Phi) is 5.96. The SMILES string of the molecule is Clc1nccc(I)c1N[P+](c1ccccc1)(c1ccccc1)c1ccccc1. The minimum absolute atomic E-state index is 0.485. The molecule has 0 unspecified atom stereocenters. The minimum atomic E-state index is -2.21. The highest BCUT2D eigenvalue weighted by molar-refractivity contribution is 14.1. The Bertz CT molecular complexity index is 943. The average molecular weight is 516 g/mol. The summed E-state index contributed by atoms with van der Waals surface area (Å²) in [4.78, 5) is 4.32. The first-order chi connectivity index (χ1) is 13.7. The smallest absolute Gasteiger partial charge is 0.199 e. The summed E-state index contributed by atoms with van der Waals surface area (Å²) < 4.78 is 1.05. The molecule has 1 N–H and O–H groups in total. The van der Waals surface area contributed by atoms with Crippen LogP contribution in [0.15, 0.2) is 103 Å². The van der Waals surface area contributed by atoms with Crippen molar-refractivity contribution in [3.63, 3.8) is 0 Å². The molecule has 3 aromatic carbocycles. The lowest BCUT2D eigenvalue weighted by Crippen LogP contribution is -2.36. The molecule has 0 atom stereocenters. The summed E-state index contributed by atoms with van der Waals surface area (Å²) in [6.45, 7) is 0. The van der Waals surface area contributed by atoms with Gasteiger partial charge in [-0.1, -0.05) is 66.2 Å². The van der Waals surface area contributed by atoms with Gasteiger partial charge in [-0.3, -0.25) is 0 Å². The molecule has 4 aromatic rings. The van der Waals surface area contributed by atoms with Crippen molar-refractivity contribution in [2.24, 2.45) is 0 Å². The Balaban J connectivity index is 2.04. The fourth-order valence-corrected chi connectivity index (χ4v) is 8.17. The lowest BCUT2D eigenvalue weighted by molar-refractivity contribution is 1.32. The topological polar surface area (TPSA) is 24.9 Å². The van der Waals surface area contributed by atoms with Gasteiger partial charge in [0.25, 0.3) is 0 Å². The van der Waals surface area contributed by atoms with Crippen LogP contribution >= 0.6 is 41.6 Å². The second-order valence-corrected chi connectivity index (χ2v) is 10.9. The van der Waals surface area contributed by atoms with E-state index in [1.165, 1.54) is 15.9 Å². The quantitative estimate of drug-likeness (QED) is 0.211. The molecule has 28 heavy (non-hydrogen) atoms. The van der Waals surface area contributed by atoms with E-state index in [9.17, 15) is 0 Å². The molecular weight excluding hydrogens is 498 g/mol. The standard InChI is InChI=1S/C23H18ClIN2P/c24-23-22(21(25)16-17-26-23)27-28(18-10-4-1-5-11-18,19-12-6-2-7-13-19)20-14-8-3-9-15-20/h1-17,27H/q+1. The van der Waals surface area contributed by atoms with Crippen LogP contribution in [0.2, 0.25) is 5.15 Å². The normalized spacial score (nSPS) is 11.2. The summed E-state index contributed by atoms with van der Waals surface area (Å²) in [5.41, 5.74) is 0.870. The first kappa shape index (κ1) is 19.4. The van der Waals surface area contributed by atoms with E-state index in [0.717, 1.165) is 9.26 Å². The Morgan fingerprint density at radius 2 is 1.11 bits per heavy atom. The van der Waals surface area contributed by atoms with E-state index in [1.807, 2.05) is 6.07 Å². The zero-order chi connectivity index (χ0) is 19.4. The molecule has 0 aliphatic heterocycles. The number of pyridine rings is 1. The van der Waals surface area contributed by atoms with Crippen molar-refractivity contribution in [2.45, 2.75) is 0 Å². The van der Waals surface area contributed by atoms with Gasteiger partial charge in [-0.25, -0.2) is 10.1 Å². The molecule has 0 bridgehead atoms. The predicted molar refractivity (Wildman–Crippen MR) is 131 cm³/mol. The van der Waals surface area contributed by atoms with Gasteiger partial charge in [0.05, 0.1) is 0 Å². The van der Waals surface area contributed by atoms with E-state index in [4.69, 9.17) is 11.6 Å². The first-order valence-corrected chi connectivity index (χ1v) is 12.1. The molecule has 4 rings (SSSR count). The van der Waals surface area contributed by atoms with Crippen molar-refractivity contribution in [1.29, 1.82) is 0 Å². The number of rotatable bonds is 5. The van der Waals surface area contributed by atoms with Crippen LogP contribution in [-0.2, 0) is 0 Å². The zero-order valence-corrected chi connectivity index (χ0v) is 18.8. The second-order valence-electron chi connectivity index (χ2n) is 6.25. The van der Waals surface area contributed by atoms with E-state index in [0.29, 0.717) is 5.15 Å². The molecule has 2 nitrogen and oxygen atoms in total. The Labute approximate surface area is 184 Å². The number of hydrogen-bond donors (Lipinski definition) is 1. The molecular formula is C23H18ClIN2P+. The highest BCUT2D eigenvalue weighted by Gasteiger charge is 2.46. The van der Waals surface area contributed by atoms with Gasteiger partial charge in [0.1, 0.15) is 21.6 Å². The third-order valence-electron chi connectivity index (χ3n) is 4.56. The molecule has 1 aromatic heterocycles. The maximum atomic E-state index is 6.54. The van der Waals surface area contributed by atoms with Crippen LogP contribution in [-0.4, -0.2) is 4.98 Å². The predicted octanol–water partition coefficient (Wildman–Crippen LogP) is 5.66. The fourth-order valence-electron chi connectivity index (χ4n) is 3.28. The molecule has 0 radical (unpaired) electrons. The summed E-state index contributed by atoms with van der Waals surface area (Å²) in [5.74, 6) is 0. The van der Waals surface area contributed by atoms with E-state index < -0.39 is 7.41 Å². The Hall–Kier alpha value is -1.94. The van der Waals surface area contributed by atoms with E-state index in [2.05, 4.69) is 124 Å². The van der Waals surface area contributed by atoms with Gasteiger partial charge >= 0.3 is 0 Å². The maximum absolute atomic E-state index is 6.54. The second kappa shape index (κ2) is 8.60. The van der Waals surface area contributed by atoms with Gasteiger partial charge in [0.15, 0.2) is 12.6 Å². The van der Waals surface area contributed by atoms with Gasteiger partial charge in [0.2, 0.25) is 0 Å². The van der Waals surface area contributed by atoms with Gasteiger partial charge in [0, 0.05) is 9.77 Å². The molecule has 0 saturated heterocycles. The number of nitrogens with one attached hydrogen (secondary N) is 1. The van der Waals surface area contributed by atoms with E-state index in [-0.39, 0.29) is 0 Å². The van der Waals surface area contributed by atoms with Crippen molar-refractivity contribution < 1.29 is 0 Å². The number of halogens is 2. The van der Waals surface area contributed by atoms with E-state index >= 15 is 0 Å². The molecule has 0 saturated carbocycles. The number of aromatic nitrogens is 1. The van der Waals surface area contributed by atoms with Crippen LogP contribution in [0, 0.1) is 3.57 Å². The van der Waals surface area contributed by atoms with Crippen molar-refractivity contribution in [1.82, 2.24) is 4.98 Å². The first-order valence-electron chi connectivity index (χ1n) is 8.86. The zero-order valence-electron chi connectivity index (χ0n) is 15.0. The molecule has 5 heteroatoms. The van der Waals surface area contributed by atoms with Crippen LogP contribution < -0.4 is 21.0 Å². The van der Waals surface area contributed by atoms with Crippen LogP contribution in [0.25, 0.3) is 0 Å². The summed E-state index contributed by atoms with van der Waals surface area (Å²) >= 11 is 8.85. The summed E-state index contributed by atoms with van der Waals surface area (Å²) in [5, 5.41) is 8.09. The highest BCUT2D eigenvalue weighted by atomic mass is 127. The third-order valence-corrected chi connectivity index (χ3v) is 9.53. The van der Waals surface area contributed by atoms with E-state index in [1.54, 1.807) is 6.20 Å². The van der Waals surface area contributed by atoms with Crippen molar-refractivity contribution in [2.75, 3.05) is 5.09 Å². The lowest BCUT2D eigenvalue weighted by Gasteiger charge is -2.29. The Morgan fingerprint density at radius 1 is 0.679 bits per heavy atom. The number of benzene rings is 3. The largest absolute Gasteiger partial charge is 0.242 e. The van der Waals surface area contributed by atoms with Gasteiger partial charge in [-0.05, 0) is 65.1 Å². The van der Waals surface area contributed by atoms with Gasteiger partial charge in [-0.2, -0.15) is 0 Å². The monoisotopic (exact) mass is 515 g/mol. The molecule has 0 aliphatic rings. The van der Waals surface area contributed by atoms with Crippen molar-refractivity contribution in [3.8, 4) is 0 Å². The van der Waals surface area contributed by atoms with Crippen LogP contribution in [0.1, 0.15) is 0 Å². The minimum Gasteiger partial charge on any atom is -0.242 e. The van der Waals surface area contributed by atoms with Crippen LogP contribution in [0.4, 0.5) is 5.69 Å². The molecule has 0 aliphatic carbocycles. The summed E-state index contributed by atoms with van der Waals surface area (Å²) in [6, 6.07) is 33.8. The van der Waals surface area contributed by atoms with Crippen LogP contribution in [0.3, 0.4) is 0 Å². The molecule has 0 spiro atoms.